The number of aryl methyl sites for hydroxylation is 1. The molecule has 0 aliphatic rings. The van der Waals surface area contributed by atoms with Crippen LogP contribution in [0.2, 0.25) is 0 Å². The van der Waals surface area contributed by atoms with Gasteiger partial charge in [-0.1, -0.05) is 12.1 Å². The van der Waals surface area contributed by atoms with Crippen molar-refractivity contribution in [3.8, 4) is 11.5 Å². The molecule has 0 fully saturated rings. The van der Waals surface area contributed by atoms with E-state index in [-0.39, 0.29) is 5.56 Å². The van der Waals surface area contributed by atoms with Gasteiger partial charge in [-0.2, -0.15) is 0 Å². The lowest BCUT2D eigenvalue weighted by Crippen LogP contribution is -2.14. The highest BCUT2D eigenvalue weighted by atomic mass is 16.5. The van der Waals surface area contributed by atoms with Gasteiger partial charge in [0.15, 0.2) is 0 Å². The highest BCUT2D eigenvalue weighted by Crippen LogP contribution is 2.13. The summed E-state index contributed by atoms with van der Waals surface area (Å²) in [5.41, 5.74) is 0.943. The van der Waals surface area contributed by atoms with Crippen LogP contribution in [-0.2, 0) is 13.7 Å². The Morgan fingerprint density at radius 3 is 2.44 bits per heavy atom. The Kier molecular flexibility index (Phi) is 3.67. The molecule has 0 spiro atoms. The summed E-state index contributed by atoms with van der Waals surface area (Å²) < 4.78 is 12.1. The number of nitrogens with zero attached hydrogens (tertiary/aromatic N) is 1. The van der Waals surface area contributed by atoms with E-state index in [9.17, 15) is 4.79 Å². The van der Waals surface area contributed by atoms with E-state index < -0.39 is 0 Å². The number of benzene rings is 1. The number of rotatable bonds is 4. The van der Waals surface area contributed by atoms with Crippen molar-refractivity contribution in [1.82, 2.24) is 4.57 Å². The van der Waals surface area contributed by atoms with Gasteiger partial charge in [-0.15, -0.1) is 0 Å². The van der Waals surface area contributed by atoms with Crippen LogP contribution in [0.4, 0.5) is 0 Å². The van der Waals surface area contributed by atoms with Crippen molar-refractivity contribution in [2.45, 2.75) is 6.61 Å². The fourth-order valence-corrected chi connectivity index (χ4v) is 1.51. The Hall–Kier alpha value is -2.23. The van der Waals surface area contributed by atoms with Crippen molar-refractivity contribution >= 4 is 0 Å². The van der Waals surface area contributed by atoms with E-state index in [1.807, 2.05) is 24.3 Å². The largest absolute Gasteiger partial charge is 0.497 e. The molecule has 1 aromatic carbocycles. The Morgan fingerprint density at radius 2 is 1.83 bits per heavy atom. The molecule has 0 saturated carbocycles. The Morgan fingerprint density at radius 1 is 1.11 bits per heavy atom. The van der Waals surface area contributed by atoms with Gasteiger partial charge in [0.2, 0.25) is 0 Å². The lowest BCUT2D eigenvalue weighted by molar-refractivity contribution is 0.305. The topological polar surface area (TPSA) is 40.5 Å². The summed E-state index contributed by atoms with van der Waals surface area (Å²) in [6, 6.07) is 10.9. The fourth-order valence-electron chi connectivity index (χ4n) is 1.51. The number of hydrogen-bond acceptors (Lipinski definition) is 3. The van der Waals surface area contributed by atoms with Crippen molar-refractivity contribution in [3.63, 3.8) is 0 Å². The summed E-state index contributed by atoms with van der Waals surface area (Å²) >= 11 is 0. The van der Waals surface area contributed by atoms with Crippen LogP contribution in [0.15, 0.2) is 47.4 Å². The van der Waals surface area contributed by atoms with Crippen LogP contribution < -0.4 is 15.0 Å². The molecule has 0 radical (unpaired) electrons. The van der Waals surface area contributed by atoms with E-state index in [1.54, 1.807) is 26.4 Å². The molecule has 4 heteroatoms. The number of aromatic nitrogens is 1. The molecule has 1 aromatic heterocycles. The summed E-state index contributed by atoms with van der Waals surface area (Å²) in [6.45, 7) is 0.428. The molecule has 18 heavy (non-hydrogen) atoms. The first kappa shape index (κ1) is 12.2. The van der Waals surface area contributed by atoms with E-state index in [2.05, 4.69) is 0 Å². The van der Waals surface area contributed by atoms with Gasteiger partial charge in [0.1, 0.15) is 18.1 Å². The third-order valence-corrected chi connectivity index (χ3v) is 2.64. The van der Waals surface area contributed by atoms with Crippen molar-refractivity contribution in [1.29, 1.82) is 0 Å². The van der Waals surface area contributed by atoms with Crippen LogP contribution in [0.3, 0.4) is 0 Å². The molecule has 0 bridgehead atoms. The maximum Gasteiger partial charge on any atom is 0.253 e. The lowest BCUT2D eigenvalue weighted by Gasteiger charge is -2.07. The summed E-state index contributed by atoms with van der Waals surface area (Å²) in [5.74, 6) is 1.39. The predicted molar refractivity (Wildman–Crippen MR) is 69.0 cm³/mol. The van der Waals surface area contributed by atoms with Crippen molar-refractivity contribution in [2.75, 3.05) is 7.11 Å². The van der Waals surface area contributed by atoms with Gasteiger partial charge in [0, 0.05) is 19.3 Å². The third kappa shape index (κ3) is 2.91. The van der Waals surface area contributed by atoms with E-state index in [0.717, 1.165) is 11.3 Å². The van der Waals surface area contributed by atoms with Gasteiger partial charge in [0.05, 0.1) is 7.11 Å². The first-order valence-corrected chi connectivity index (χ1v) is 5.61. The number of pyridine rings is 1. The molecule has 0 N–H and O–H groups in total. The summed E-state index contributed by atoms with van der Waals surface area (Å²) in [4.78, 5) is 11.4. The molecule has 0 saturated heterocycles. The van der Waals surface area contributed by atoms with E-state index >= 15 is 0 Å². The van der Waals surface area contributed by atoms with Crippen LogP contribution in [0.5, 0.6) is 11.5 Å². The zero-order valence-corrected chi connectivity index (χ0v) is 10.4. The zero-order chi connectivity index (χ0) is 13.0. The second kappa shape index (κ2) is 5.40. The average Bonchev–Trinajstić information content (AvgIpc) is 2.41. The summed E-state index contributed by atoms with van der Waals surface area (Å²) in [5, 5.41) is 0. The molecular formula is C14H15NO3. The van der Waals surface area contributed by atoms with Gasteiger partial charge in [-0.25, -0.2) is 0 Å². The molecule has 0 aliphatic carbocycles. The highest BCUT2D eigenvalue weighted by Gasteiger charge is 1.98. The number of methoxy groups -OCH3 is 1. The number of hydrogen-bond donors (Lipinski definition) is 0. The minimum absolute atomic E-state index is 0.0813. The van der Waals surface area contributed by atoms with E-state index in [0.29, 0.717) is 12.4 Å². The monoisotopic (exact) mass is 245 g/mol. The summed E-state index contributed by atoms with van der Waals surface area (Å²) in [6.07, 6.45) is 1.69. The molecule has 2 rings (SSSR count). The van der Waals surface area contributed by atoms with Crippen molar-refractivity contribution in [2.24, 2.45) is 7.05 Å². The average molecular weight is 245 g/mol. The minimum Gasteiger partial charge on any atom is -0.497 e. The molecule has 1 heterocycles. The van der Waals surface area contributed by atoms with Gasteiger partial charge in [-0.3, -0.25) is 4.79 Å². The van der Waals surface area contributed by atoms with Gasteiger partial charge >= 0.3 is 0 Å². The molecular weight excluding hydrogens is 230 g/mol. The lowest BCUT2D eigenvalue weighted by atomic mass is 10.2. The molecule has 4 nitrogen and oxygen atoms in total. The van der Waals surface area contributed by atoms with E-state index in [1.165, 1.54) is 10.6 Å². The highest BCUT2D eigenvalue weighted by molar-refractivity contribution is 5.27. The minimum atomic E-state index is -0.0813. The molecule has 0 aliphatic heterocycles. The standard InChI is InChI=1S/C14H15NO3/c1-15-8-7-13(9-14(15)16)18-10-11-3-5-12(17-2)6-4-11/h3-9H,10H2,1-2H3. The Bertz CT molecular complexity index is 572. The molecule has 0 amide bonds. The van der Waals surface area contributed by atoms with E-state index in [4.69, 9.17) is 9.47 Å². The SMILES string of the molecule is COc1ccc(COc2ccn(C)c(=O)c2)cc1. The first-order valence-electron chi connectivity index (χ1n) is 5.61. The van der Waals surface area contributed by atoms with Gasteiger partial charge in [-0.05, 0) is 23.8 Å². The Labute approximate surface area is 105 Å². The van der Waals surface area contributed by atoms with Crippen LogP contribution in [0.1, 0.15) is 5.56 Å². The smallest absolute Gasteiger partial charge is 0.253 e. The first-order chi connectivity index (χ1) is 8.69. The molecule has 94 valence electrons. The normalized spacial score (nSPS) is 10.1. The van der Waals surface area contributed by atoms with Gasteiger partial charge < -0.3 is 14.0 Å². The van der Waals surface area contributed by atoms with Crippen LogP contribution >= 0.6 is 0 Å². The second-order valence-electron chi connectivity index (χ2n) is 3.95. The van der Waals surface area contributed by atoms with Crippen molar-refractivity contribution < 1.29 is 9.47 Å². The quantitative estimate of drug-likeness (QED) is 0.827. The zero-order valence-electron chi connectivity index (χ0n) is 10.4. The maximum absolute atomic E-state index is 11.4. The van der Waals surface area contributed by atoms with Crippen molar-refractivity contribution in [3.05, 3.63) is 58.5 Å². The second-order valence-corrected chi connectivity index (χ2v) is 3.95. The predicted octanol–water partition coefficient (Wildman–Crippen LogP) is 1.97. The molecule has 0 atom stereocenters. The number of ether oxygens (including phenoxy) is 2. The van der Waals surface area contributed by atoms with Gasteiger partial charge in [0.25, 0.3) is 5.56 Å². The fraction of sp³-hybridized carbons (Fsp3) is 0.214. The maximum atomic E-state index is 11.4. The summed E-state index contributed by atoms with van der Waals surface area (Å²) in [7, 11) is 3.33. The van der Waals surface area contributed by atoms with Crippen LogP contribution in [-0.4, -0.2) is 11.7 Å². The molecule has 0 unspecified atom stereocenters. The molecule has 2 aromatic rings. The third-order valence-electron chi connectivity index (χ3n) is 2.64. The van der Waals surface area contributed by atoms with Crippen LogP contribution in [0, 0.1) is 0 Å². The Balaban J connectivity index is 2.02. The van der Waals surface area contributed by atoms with Crippen LogP contribution in [0.25, 0.3) is 0 Å².